The highest BCUT2D eigenvalue weighted by molar-refractivity contribution is 7.23. The van der Waals surface area contributed by atoms with Crippen molar-refractivity contribution in [2.24, 2.45) is 18.1 Å². The van der Waals surface area contributed by atoms with Crippen LogP contribution in [0.5, 0.6) is 0 Å². The Balaban J connectivity index is 1.37. The standard InChI is InChI=1S/C23H19N7OS/c1-29-19-17(20-21(29)27-23(32-20)26-16-7-3-2-4-8-16)12-25-30(22(19)31)13-14-6-5-9-18-15(10-14)11-24-28-18/h2-12,15,28H,13H2,1H3,(H,26,27). The third-order valence-electron chi connectivity index (χ3n) is 5.65. The van der Waals surface area contributed by atoms with Crippen molar-refractivity contribution in [1.29, 1.82) is 0 Å². The molecule has 4 heterocycles. The lowest BCUT2D eigenvalue weighted by atomic mass is 10.1. The number of hydrogen-bond donors (Lipinski definition) is 2. The van der Waals surface area contributed by atoms with E-state index in [9.17, 15) is 4.79 Å². The fraction of sp³-hybridized carbons (Fsp3) is 0.130. The van der Waals surface area contributed by atoms with E-state index in [0.29, 0.717) is 12.1 Å². The van der Waals surface area contributed by atoms with Crippen LogP contribution < -0.4 is 16.3 Å². The Hall–Kier alpha value is -3.98. The van der Waals surface area contributed by atoms with Crippen LogP contribution in [0.2, 0.25) is 0 Å². The highest BCUT2D eigenvalue weighted by atomic mass is 32.1. The Morgan fingerprint density at radius 1 is 1.25 bits per heavy atom. The Bertz CT molecular complexity index is 1540. The molecule has 32 heavy (non-hydrogen) atoms. The van der Waals surface area contributed by atoms with Gasteiger partial charge in [0.25, 0.3) is 5.56 Å². The van der Waals surface area contributed by atoms with Gasteiger partial charge in [-0.25, -0.2) is 9.67 Å². The summed E-state index contributed by atoms with van der Waals surface area (Å²) in [4.78, 5) is 18.0. The monoisotopic (exact) mass is 441 g/mol. The van der Waals surface area contributed by atoms with Crippen LogP contribution in [0.15, 0.2) is 82.0 Å². The van der Waals surface area contributed by atoms with E-state index < -0.39 is 0 Å². The van der Waals surface area contributed by atoms with Crippen LogP contribution in [0.3, 0.4) is 0 Å². The van der Waals surface area contributed by atoms with E-state index in [1.54, 1.807) is 6.20 Å². The number of nitrogens with zero attached hydrogens (tertiary/aromatic N) is 5. The van der Waals surface area contributed by atoms with Crippen LogP contribution in [-0.2, 0) is 13.6 Å². The molecule has 8 nitrogen and oxygen atoms in total. The van der Waals surface area contributed by atoms with E-state index in [4.69, 9.17) is 4.98 Å². The topological polar surface area (TPSA) is 89.1 Å². The largest absolute Gasteiger partial charge is 0.331 e. The Morgan fingerprint density at radius 2 is 2.12 bits per heavy atom. The third-order valence-corrected chi connectivity index (χ3v) is 6.64. The van der Waals surface area contributed by atoms with Crippen LogP contribution in [0.25, 0.3) is 21.3 Å². The number of benzene rings is 1. The molecule has 0 saturated carbocycles. The van der Waals surface area contributed by atoms with Crippen molar-refractivity contribution in [3.8, 4) is 0 Å². The minimum absolute atomic E-state index is 0.0968. The molecular formula is C23H19N7OS. The summed E-state index contributed by atoms with van der Waals surface area (Å²) < 4.78 is 4.33. The molecule has 9 heteroatoms. The average molecular weight is 442 g/mol. The van der Waals surface area contributed by atoms with Crippen molar-refractivity contribution in [3.63, 3.8) is 0 Å². The molecule has 1 unspecified atom stereocenters. The second kappa shape index (κ2) is 7.31. The number of hydrogen-bond acceptors (Lipinski definition) is 7. The van der Waals surface area contributed by atoms with Crippen molar-refractivity contribution in [1.82, 2.24) is 24.8 Å². The number of para-hydroxylation sites is 1. The summed E-state index contributed by atoms with van der Waals surface area (Å²) in [7, 11) is 1.88. The number of anilines is 2. The zero-order chi connectivity index (χ0) is 21.7. The second-order valence-electron chi connectivity index (χ2n) is 7.73. The highest BCUT2D eigenvalue weighted by Crippen LogP contribution is 2.34. The van der Waals surface area contributed by atoms with Crippen molar-refractivity contribution in [3.05, 3.63) is 82.5 Å². The van der Waals surface area contributed by atoms with Crippen LogP contribution in [0.4, 0.5) is 10.8 Å². The molecule has 0 saturated heterocycles. The van der Waals surface area contributed by atoms with Gasteiger partial charge in [0, 0.05) is 30.0 Å². The second-order valence-corrected chi connectivity index (χ2v) is 8.73. The number of nitrogens with one attached hydrogen (secondary N) is 2. The first kappa shape index (κ1) is 18.8. The predicted octanol–water partition coefficient (Wildman–Crippen LogP) is 3.67. The number of thiazole rings is 1. The van der Waals surface area contributed by atoms with Gasteiger partial charge in [0.1, 0.15) is 5.52 Å². The molecule has 6 rings (SSSR count). The van der Waals surface area contributed by atoms with Gasteiger partial charge in [-0.15, -0.1) is 0 Å². The van der Waals surface area contributed by atoms with Gasteiger partial charge in [0.2, 0.25) is 0 Å². The maximum atomic E-state index is 13.3. The summed E-state index contributed by atoms with van der Waals surface area (Å²) in [6.07, 6.45) is 11.7. The van der Waals surface area contributed by atoms with Gasteiger partial charge in [0.05, 0.1) is 23.4 Å². The van der Waals surface area contributed by atoms with E-state index in [0.717, 1.165) is 37.8 Å². The first-order valence-corrected chi connectivity index (χ1v) is 11.0. The molecule has 1 aliphatic heterocycles. The minimum Gasteiger partial charge on any atom is -0.331 e. The molecule has 2 N–H and O–H groups in total. The Morgan fingerprint density at radius 3 is 3.00 bits per heavy atom. The average Bonchev–Trinajstić information content (AvgIpc) is 3.44. The van der Waals surface area contributed by atoms with E-state index in [1.165, 1.54) is 16.0 Å². The van der Waals surface area contributed by atoms with E-state index in [-0.39, 0.29) is 11.5 Å². The summed E-state index contributed by atoms with van der Waals surface area (Å²) in [6, 6.07) is 9.91. The smallest absolute Gasteiger partial charge is 0.291 e. The molecule has 2 aliphatic rings. The molecule has 1 aromatic carbocycles. The minimum atomic E-state index is -0.127. The van der Waals surface area contributed by atoms with Crippen LogP contribution in [0, 0.1) is 5.92 Å². The number of aromatic nitrogens is 4. The first-order chi connectivity index (χ1) is 15.7. The van der Waals surface area contributed by atoms with Gasteiger partial charge < -0.3 is 9.88 Å². The molecule has 3 aromatic heterocycles. The summed E-state index contributed by atoms with van der Waals surface area (Å²) in [6.45, 7) is 0.393. The van der Waals surface area contributed by atoms with Gasteiger partial charge in [0.15, 0.2) is 10.8 Å². The first-order valence-electron chi connectivity index (χ1n) is 10.2. The van der Waals surface area contributed by atoms with Crippen molar-refractivity contribution >= 4 is 49.6 Å². The van der Waals surface area contributed by atoms with Crippen LogP contribution >= 0.6 is 11.3 Å². The van der Waals surface area contributed by atoms with Gasteiger partial charge in [-0.05, 0) is 23.8 Å². The predicted molar refractivity (Wildman–Crippen MR) is 128 cm³/mol. The Kier molecular flexibility index (Phi) is 4.29. The van der Waals surface area contributed by atoms with Crippen LogP contribution in [0.1, 0.15) is 0 Å². The number of fused-ring (bicyclic) bond motifs is 4. The zero-order valence-corrected chi connectivity index (χ0v) is 18.0. The lowest BCUT2D eigenvalue weighted by molar-refractivity contribution is 0.641. The number of aryl methyl sites for hydroxylation is 1. The summed E-state index contributed by atoms with van der Waals surface area (Å²) in [5.41, 5.74) is 7.26. The fourth-order valence-electron chi connectivity index (χ4n) is 4.07. The van der Waals surface area contributed by atoms with Gasteiger partial charge in [-0.3, -0.25) is 10.2 Å². The molecular weight excluding hydrogens is 422 g/mol. The maximum Gasteiger partial charge on any atom is 0.291 e. The van der Waals surface area contributed by atoms with Gasteiger partial charge in [-0.1, -0.05) is 47.8 Å². The zero-order valence-electron chi connectivity index (χ0n) is 17.2. The summed E-state index contributed by atoms with van der Waals surface area (Å²) >= 11 is 1.52. The Labute approximate surface area is 186 Å². The maximum absolute atomic E-state index is 13.3. The van der Waals surface area contributed by atoms with Gasteiger partial charge in [-0.2, -0.15) is 10.2 Å². The molecule has 0 fully saturated rings. The molecule has 1 atom stereocenters. The molecule has 1 aliphatic carbocycles. The van der Waals surface area contributed by atoms with E-state index >= 15 is 0 Å². The highest BCUT2D eigenvalue weighted by Gasteiger charge is 2.20. The third kappa shape index (κ3) is 3.05. The molecule has 4 aromatic rings. The fourth-order valence-corrected chi connectivity index (χ4v) is 5.10. The molecule has 158 valence electrons. The number of rotatable bonds is 4. The SMILES string of the molecule is Cn1c2nc(Nc3ccccc3)sc2c2cnn(CC3=CC4C=NNC4=CC=C3)c(=O)c21. The summed E-state index contributed by atoms with van der Waals surface area (Å²) in [5.74, 6) is 0.0968. The van der Waals surface area contributed by atoms with Gasteiger partial charge >= 0.3 is 0 Å². The lowest BCUT2D eigenvalue weighted by Crippen LogP contribution is -2.24. The van der Waals surface area contributed by atoms with E-state index in [1.807, 2.05) is 66.4 Å². The molecule has 0 radical (unpaired) electrons. The summed E-state index contributed by atoms with van der Waals surface area (Å²) in [5, 5.41) is 13.5. The number of allylic oxidation sites excluding steroid dienone is 5. The van der Waals surface area contributed by atoms with E-state index in [2.05, 4.69) is 27.0 Å². The van der Waals surface area contributed by atoms with Crippen LogP contribution in [-0.4, -0.2) is 25.5 Å². The quantitative estimate of drug-likeness (QED) is 0.504. The molecule has 0 amide bonds. The number of hydrazone groups is 1. The van der Waals surface area contributed by atoms with Crippen molar-refractivity contribution in [2.75, 3.05) is 5.32 Å². The molecule has 0 bridgehead atoms. The molecule has 0 spiro atoms. The van der Waals surface area contributed by atoms with Crippen molar-refractivity contribution < 1.29 is 0 Å². The normalized spacial score (nSPS) is 17.2. The lowest BCUT2D eigenvalue weighted by Gasteiger charge is -2.08. The van der Waals surface area contributed by atoms with Crippen molar-refractivity contribution in [2.45, 2.75) is 6.54 Å².